The van der Waals surface area contributed by atoms with Crippen LogP contribution in [-0.2, 0) is 0 Å². The van der Waals surface area contributed by atoms with Crippen molar-refractivity contribution in [2.75, 3.05) is 0 Å². The zero-order chi connectivity index (χ0) is 7.82. The number of rotatable bonds is 6. The summed E-state index contributed by atoms with van der Waals surface area (Å²) in [5.74, 6) is 0. The number of unbranched alkanes of at least 4 members (excludes halogenated alkanes) is 1. The molecule has 1 atom stereocenters. The van der Waals surface area contributed by atoms with Gasteiger partial charge in [-0.1, -0.05) is 25.8 Å². The van der Waals surface area contributed by atoms with Gasteiger partial charge in [-0.05, 0) is 12.8 Å². The monoisotopic (exact) mass is 157 g/mol. The van der Waals surface area contributed by atoms with E-state index in [2.05, 4.69) is 18.5 Å². The van der Waals surface area contributed by atoms with Crippen molar-refractivity contribution in [1.82, 2.24) is 4.98 Å². The second-order valence-electron chi connectivity index (χ2n) is 2.65. The highest BCUT2D eigenvalue weighted by atomic mass is 28.2. The average Bonchev–Trinajstić information content (AvgIpc) is 1.98. The highest BCUT2D eigenvalue weighted by molar-refractivity contribution is 6.04. The van der Waals surface area contributed by atoms with Gasteiger partial charge in [0.1, 0.15) is 0 Å². The average molecular weight is 157 g/mol. The molecule has 0 radical (unpaired) electrons. The zero-order valence-electron chi connectivity index (χ0n) is 7.19. The first-order valence-electron chi connectivity index (χ1n) is 4.13. The predicted octanol–water partition coefficient (Wildman–Crippen LogP) is 0.991. The van der Waals surface area contributed by atoms with Gasteiger partial charge in [-0.3, -0.25) is 0 Å². The maximum Gasteiger partial charge on any atom is 0.0752 e. The van der Waals surface area contributed by atoms with Crippen molar-refractivity contribution in [1.29, 1.82) is 0 Å². The molecule has 0 saturated heterocycles. The Labute approximate surface area is 67.4 Å². The Bertz CT molecular complexity index is 83.3. The van der Waals surface area contributed by atoms with E-state index in [4.69, 9.17) is 0 Å². The van der Waals surface area contributed by atoms with Gasteiger partial charge < -0.3 is 4.98 Å². The van der Waals surface area contributed by atoms with E-state index in [1.807, 2.05) is 6.08 Å². The maximum atomic E-state index is 3.73. The Hall–Kier alpha value is -0.0831. The van der Waals surface area contributed by atoms with Crippen molar-refractivity contribution in [3.8, 4) is 0 Å². The molecule has 0 bridgehead atoms. The fourth-order valence-electron chi connectivity index (χ4n) is 1.03. The first kappa shape index (κ1) is 9.92. The second-order valence-corrected chi connectivity index (χ2v) is 3.23. The predicted molar refractivity (Wildman–Crippen MR) is 51.2 cm³/mol. The van der Waals surface area contributed by atoms with E-state index >= 15 is 0 Å². The van der Waals surface area contributed by atoms with Crippen LogP contribution >= 0.6 is 0 Å². The van der Waals surface area contributed by atoms with Gasteiger partial charge in [0.15, 0.2) is 0 Å². The molecule has 0 aromatic rings. The van der Waals surface area contributed by atoms with E-state index in [-0.39, 0.29) is 0 Å². The Morgan fingerprint density at radius 3 is 2.80 bits per heavy atom. The van der Waals surface area contributed by atoms with Crippen molar-refractivity contribution in [3.63, 3.8) is 0 Å². The molecule has 10 heavy (non-hydrogen) atoms. The molecule has 0 spiro atoms. The van der Waals surface area contributed by atoms with Crippen LogP contribution in [0.5, 0.6) is 0 Å². The lowest BCUT2D eigenvalue weighted by atomic mass is 10.1. The molecule has 0 heterocycles. The summed E-state index contributed by atoms with van der Waals surface area (Å²) >= 11 is 0. The molecule has 0 aliphatic carbocycles. The largest absolute Gasteiger partial charge is 0.342 e. The van der Waals surface area contributed by atoms with Crippen molar-refractivity contribution < 1.29 is 0 Å². The summed E-state index contributed by atoms with van der Waals surface area (Å²) in [6.45, 7) is 5.97. The summed E-state index contributed by atoms with van der Waals surface area (Å²) < 4.78 is 0. The van der Waals surface area contributed by atoms with E-state index in [0.717, 1.165) is 16.8 Å². The van der Waals surface area contributed by atoms with Crippen LogP contribution in [-0.4, -0.2) is 16.4 Å². The number of nitrogens with one attached hydrogen (secondary N) is 1. The SMILES string of the molecule is C=CCC(CCCC)N[SiH3]. The van der Waals surface area contributed by atoms with Gasteiger partial charge >= 0.3 is 0 Å². The molecule has 1 unspecified atom stereocenters. The number of hydrogen-bond donors (Lipinski definition) is 1. The molecule has 0 saturated carbocycles. The highest BCUT2D eigenvalue weighted by Crippen LogP contribution is 2.03. The molecular weight excluding hydrogens is 138 g/mol. The Balaban J connectivity index is 3.29. The molecule has 0 rings (SSSR count). The van der Waals surface area contributed by atoms with Gasteiger partial charge in [0.25, 0.3) is 0 Å². The quantitative estimate of drug-likeness (QED) is 0.448. The van der Waals surface area contributed by atoms with Crippen LogP contribution in [0.4, 0.5) is 0 Å². The van der Waals surface area contributed by atoms with Crippen LogP contribution in [0.1, 0.15) is 32.6 Å². The minimum Gasteiger partial charge on any atom is -0.342 e. The first-order valence-corrected chi connectivity index (χ1v) is 5.13. The normalized spacial score (nSPS) is 13.3. The second kappa shape index (κ2) is 7.03. The smallest absolute Gasteiger partial charge is 0.0752 e. The van der Waals surface area contributed by atoms with Crippen LogP contribution in [0.25, 0.3) is 0 Å². The molecule has 1 N–H and O–H groups in total. The molecule has 0 amide bonds. The van der Waals surface area contributed by atoms with Crippen molar-refractivity contribution in [3.05, 3.63) is 12.7 Å². The van der Waals surface area contributed by atoms with Gasteiger partial charge in [-0.2, -0.15) is 0 Å². The summed E-state index contributed by atoms with van der Waals surface area (Å²) in [6.07, 6.45) is 7.09. The Morgan fingerprint density at radius 2 is 2.40 bits per heavy atom. The fraction of sp³-hybridized carbons (Fsp3) is 0.750. The van der Waals surface area contributed by atoms with Gasteiger partial charge in [0.05, 0.1) is 10.4 Å². The summed E-state index contributed by atoms with van der Waals surface area (Å²) in [6, 6.07) is 0.712. The molecule has 0 aliphatic heterocycles. The lowest BCUT2D eigenvalue weighted by molar-refractivity contribution is 0.549. The van der Waals surface area contributed by atoms with Crippen LogP contribution < -0.4 is 4.98 Å². The van der Waals surface area contributed by atoms with Gasteiger partial charge in [0, 0.05) is 6.04 Å². The lowest BCUT2D eigenvalue weighted by Crippen LogP contribution is -2.25. The molecule has 0 fully saturated rings. The van der Waals surface area contributed by atoms with E-state index < -0.39 is 0 Å². The summed E-state index contributed by atoms with van der Waals surface area (Å²) in [4.78, 5) is 3.41. The number of hydrogen-bond acceptors (Lipinski definition) is 1. The Kier molecular flexibility index (Phi) is 6.97. The van der Waals surface area contributed by atoms with Gasteiger partial charge in [-0.25, -0.2) is 0 Å². The molecular formula is C8H19NSi. The van der Waals surface area contributed by atoms with Crippen LogP contribution in [0.15, 0.2) is 12.7 Å². The Morgan fingerprint density at radius 1 is 1.70 bits per heavy atom. The van der Waals surface area contributed by atoms with E-state index in [1.165, 1.54) is 19.3 Å². The lowest BCUT2D eigenvalue weighted by Gasteiger charge is -2.12. The molecule has 0 aromatic heterocycles. The summed E-state index contributed by atoms with van der Waals surface area (Å²) in [7, 11) is 1.11. The van der Waals surface area contributed by atoms with Crippen LogP contribution in [0.2, 0.25) is 0 Å². The molecule has 60 valence electrons. The van der Waals surface area contributed by atoms with E-state index in [9.17, 15) is 0 Å². The van der Waals surface area contributed by atoms with Crippen LogP contribution in [0, 0.1) is 0 Å². The molecule has 0 aliphatic rings. The first-order chi connectivity index (χ1) is 4.85. The summed E-state index contributed by atoms with van der Waals surface area (Å²) in [5, 5.41) is 0. The molecule has 2 heteroatoms. The fourth-order valence-corrected chi connectivity index (χ4v) is 1.56. The third kappa shape index (κ3) is 4.76. The molecule has 0 aromatic carbocycles. The minimum absolute atomic E-state index is 0.712. The third-order valence-corrected chi connectivity index (χ3v) is 2.58. The standard InChI is InChI=1S/C8H19NSi/c1-3-5-7-8(9-10)6-4-2/h4,8-9H,2-3,5-7H2,1,10H3. The van der Waals surface area contributed by atoms with Crippen LogP contribution in [0.3, 0.4) is 0 Å². The topological polar surface area (TPSA) is 12.0 Å². The van der Waals surface area contributed by atoms with Crippen molar-refractivity contribution in [2.24, 2.45) is 0 Å². The van der Waals surface area contributed by atoms with Gasteiger partial charge in [-0.15, -0.1) is 6.58 Å². The maximum absolute atomic E-state index is 3.73. The van der Waals surface area contributed by atoms with Gasteiger partial charge in [0.2, 0.25) is 0 Å². The van der Waals surface area contributed by atoms with Crippen molar-refractivity contribution in [2.45, 2.75) is 38.6 Å². The third-order valence-electron chi connectivity index (χ3n) is 1.77. The molecule has 1 nitrogen and oxygen atoms in total. The van der Waals surface area contributed by atoms with E-state index in [1.54, 1.807) is 0 Å². The van der Waals surface area contributed by atoms with Crippen molar-refractivity contribution >= 4 is 10.4 Å². The minimum atomic E-state index is 0.712. The zero-order valence-corrected chi connectivity index (χ0v) is 9.19. The summed E-state index contributed by atoms with van der Waals surface area (Å²) in [5.41, 5.74) is 0. The highest BCUT2D eigenvalue weighted by Gasteiger charge is 2.00. The van der Waals surface area contributed by atoms with E-state index in [0.29, 0.717) is 6.04 Å².